The lowest BCUT2D eigenvalue weighted by Gasteiger charge is -2.37. The third-order valence-electron chi connectivity index (χ3n) is 7.81. The van der Waals surface area contributed by atoms with Gasteiger partial charge in [0.2, 0.25) is 11.8 Å². The van der Waals surface area contributed by atoms with Gasteiger partial charge in [0.25, 0.3) is 0 Å². The molecular formula is C33H55N3O4. The molecule has 3 amide bonds. The van der Waals surface area contributed by atoms with Gasteiger partial charge in [-0.2, -0.15) is 0 Å². The van der Waals surface area contributed by atoms with E-state index in [9.17, 15) is 14.4 Å². The SMILES string of the molecule is CCCCCCCN(C(=O)C(NC(=O)OC(C)(C)C)C(C)CC)C(C(=O)NC1CCCCC1)c1cccc(C)c1. The maximum absolute atomic E-state index is 14.4. The summed E-state index contributed by atoms with van der Waals surface area (Å²) < 4.78 is 5.53. The van der Waals surface area contributed by atoms with Gasteiger partial charge in [-0.25, -0.2) is 4.79 Å². The van der Waals surface area contributed by atoms with Crippen molar-refractivity contribution in [2.75, 3.05) is 6.54 Å². The van der Waals surface area contributed by atoms with E-state index in [0.717, 1.165) is 68.9 Å². The van der Waals surface area contributed by atoms with Gasteiger partial charge in [-0.15, -0.1) is 0 Å². The van der Waals surface area contributed by atoms with Crippen LogP contribution in [-0.2, 0) is 14.3 Å². The number of nitrogens with zero attached hydrogens (tertiary/aromatic N) is 1. The van der Waals surface area contributed by atoms with Gasteiger partial charge in [-0.05, 0) is 58.4 Å². The minimum absolute atomic E-state index is 0.125. The number of unbranched alkanes of at least 4 members (excludes halogenated alkanes) is 4. The van der Waals surface area contributed by atoms with Crippen LogP contribution in [0.1, 0.15) is 129 Å². The second-order valence-electron chi connectivity index (χ2n) is 12.6. The van der Waals surface area contributed by atoms with E-state index in [4.69, 9.17) is 4.74 Å². The molecule has 3 atom stereocenters. The maximum Gasteiger partial charge on any atom is 0.408 e. The molecule has 1 aromatic rings. The monoisotopic (exact) mass is 557 g/mol. The average molecular weight is 558 g/mol. The molecule has 0 heterocycles. The zero-order valence-electron chi connectivity index (χ0n) is 26.2. The number of ether oxygens (including phenoxy) is 1. The Morgan fingerprint density at radius 3 is 2.30 bits per heavy atom. The Hall–Kier alpha value is -2.57. The van der Waals surface area contributed by atoms with E-state index in [1.165, 1.54) is 6.42 Å². The molecule has 2 rings (SSSR count). The third kappa shape index (κ3) is 11.1. The number of carbonyl (C=O) groups excluding carboxylic acids is 3. The van der Waals surface area contributed by atoms with Crippen molar-refractivity contribution in [2.45, 2.75) is 143 Å². The summed E-state index contributed by atoms with van der Waals surface area (Å²) in [4.78, 5) is 43.1. The standard InChI is InChI=1S/C33H55N3O4/c1-8-10-11-12-16-22-36(31(38)28(25(4)9-2)35-32(39)40-33(5,6)7)29(26-19-17-18-24(3)23-26)30(37)34-27-20-14-13-15-21-27/h17-19,23,25,27-29H,8-16,20-22H2,1-7H3,(H,34,37)(H,35,39). The Kier molecular flexibility index (Phi) is 14.0. The molecule has 1 aromatic carbocycles. The highest BCUT2D eigenvalue weighted by Crippen LogP contribution is 2.27. The fourth-order valence-electron chi connectivity index (χ4n) is 5.39. The van der Waals surface area contributed by atoms with Crippen molar-refractivity contribution in [3.63, 3.8) is 0 Å². The molecule has 1 fully saturated rings. The summed E-state index contributed by atoms with van der Waals surface area (Å²) in [5, 5.41) is 6.16. The van der Waals surface area contributed by atoms with Gasteiger partial charge < -0.3 is 20.3 Å². The summed E-state index contributed by atoms with van der Waals surface area (Å²) in [6.45, 7) is 14.0. The molecular weight excluding hydrogens is 502 g/mol. The van der Waals surface area contributed by atoms with Gasteiger partial charge in [-0.3, -0.25) is 9.59 Å². The first-order valence-corrected chi connectivity index (χ1v) is 15.6. The Balaban J connectivity index is 2.47. The van der Waals surface area contributed by atoms with Crippen LogP contribution in [-0.4, -0.2) is 47.0 Å². The fourth-order valence-corrected chi connectivity index (χ4v) is 5.39. The number of benzene rings is 1. The van der Waals surface area contributed by atoms with Crippen molar-refractivity contribution in [1.29, 1.82) is 0 Å². The largest absolute Gasteiger partial charge is 0.444 e. The number of hydrogen-bond acceptors (Lipinski definition) is 4. The van der Waals surface area contributed by atoms with Crippen molar-refractivity contribution in [3.05, 3.63) is 35.4 Å². The van der Waals surface area contributed by atoms with Crippen molar-refractivity contribution in [1.82, 2.24) is 15.5 Å². The lowest BCUT2D eigenvalue weighted by molar-refractivity contribution is -0.144. The molecule has 0 aliphatic heterocycles. The van der Waals surface area contributed by atoms with Gasteiger partial charge in [0, 0.05) is 12.6 Å². The molecule has 0 aromatic heterocycles. The Morgan fingerprint density at radius 2 is 1.70 bits per heavy atom. The van der Waals surface area contributed by atoms with Crippen LogP contribution in [0, 0.1) is 12.8 Å². The Bertz CT molecular complexity index is 936. The van der Waals surface area contributed by atoms with E-state index in [-0.39, 0.29) is 23.8 Å². The minimum Gasteiger partial charge on any atom is -0.444 e. The van der Waals surface area contributed by atoms with Crippen molar-refractivity contribution in [3.8, 4) is 0 Å². The summed E-state index contributed by atoms with van der Waals surface area (Å²) in [7, 11) is 0. The zero-order chi connectivity index (χ0) is 29.7. The number of carbonyl (C=O) groups is 3. The van der Waals surface area contributed by atoms with Gasteiger partial charge >= 0.3 is 6.09 Å². The molecule has 2 N–H and O–H groups in total. The molecule has 1 aliphatic rings. The highest BCUT2D eigenvalue weighted by atomic mass is 16.6. The number of aryl methyl sites for hydroxylation is 1. The predicted molar refractivity (Wildman–Crippen MR) is 162 cm³/mol. The van der Waals surface area contributed by atoms with E-state index >= 15 is 0 Å². The number of rotatable bonds is 14. The summed E-state index contributed by atoms with van der Waals surface area (Å²) >= 11 is 0. The topological polar surface area (TPSA) is 87.7 Å². The smallest absolute Gasteiger partial charge is 0.408 e. The van der Waals surface area contributed by atoms with Crippen LogP contribution in [0.2, 0.25) is 0 Å². The van der Waals surface area contributed by atoms with Crippen LogP contribution < -0.4 is 10.6 Å². The number of nitrogens with one attached hydrogen (secondary N) is 2. The van der Waals surface area contributed by atoms with E-state index in [2.05, 4.69) is 17.6 Å². The quantitative estimate of drug-likeness (QED) is 0.236. The van der Waals surface area contributed by atoms with Crippen LogP contribution in [0.25, 0.3) is 0 Å². The van der Waals surface area contributed by atoms with Crippen LogP contribution in [0.4, 0.5) is 4.79 Å². The molecule has 7 heteroatoms. The summed E-state index contributed by atoms with van der Waals surface area (Å²) in [6, 6.07) is 6.44. The minimum atomic E-state index is -0.801. The summed E-state index contributed by atoms with van der Waals surface area (Å²) in [5.74, 6) is -0.511. The maximum atomic E-state index is 14.4. The normalized spacial score (nSPS) is 16.5. The zero-order valence-corrected chi connectivity index (χ0v) is 26.2. The highest BCUT2D eigenvalue weighted by molar-refractivity contribution is 5.92. The molecule has 1 saturated carbocycles. The van der Waals surface area contributed by atoms with E-state index in [1.54, 1.807) is 25.7 Å². The average Bonchev–Trinajstić information content (AvgIpc) is 2.89. The lowest BCUT2D eigenvalue weighted by Crippen LogP contribution is -2.56. The van der Waals surface area contributed by atoms with Crippen LogP contribution in [0.5, 0.6) is 0 Å². The number of alkyl carbamates (subject to hydrolysis) is 1. The summed E-state index contributed by atoms with van der Waals surface area (Å²) in [5.41, 5.74) is 1.15. The summed E-state index contributed by atoms with van der Waals surface area (Å²) in [6.07, 6.45) is 10.6. The Labute approximate surface area is 243 Å². The first kappa shape index (κ1) is 33.6. The van der Waals surface area contributed by atoms with Crippen molar-refractivity contribution < 1.29 is 19.1 Å². The van der Waals surface area contributed by atoms with Gasteiger partial charge in [0.1, 0.15) is 17.7 Å². The van der Waals surface area contributed by atoms with Crippen LogP contribution >= 0.6 is 0 Å². The van der Waals surface area contributed by atoms with E-state index < -0.39 is 23.8 Å². The molecule has 40 heavy (non-hydrogen) atoms. The fraction of sp³-hybridized carbons (Fsp3) is 0.727. The molecule has 0 radical (unpaired) electrons. The second-order valence-corrected chi connectivity index (χ2v) is 12.6. The number of amides is 3. The molecule has 1 aliphatic carbocycles. The second kappa shape index (κ2) is 16.6. The predicted octanol–water partition coefficient (Wildman–Crippen LogP) is 7.22. The molecule has 0 spiro atoms. The van der Waals surface area contributed by atoms with Crippen LogP contribution in [0.3, 0.4) is 0 Å². The molecule has 0 saturated heterocycles. The van der Waals surface area contributed by atoms with Gasteiger partial charge in [0.05, 0.1) is 0 Å². The first-order chi connectivity index (χ1) is 19.0. The first-order valence-electron chi connectivity index (χ1n) is 15.6. The lowest BCUT2D eigenvalue weighted by atomic mass is 9.93. The molecule has 0 bridgehead atoms. The van der Waals surface area contributed by atoms with E-state index in [1.807, 2.05) is 45.0 Å². The van der Waals surface area contributed by atoms with Gasteiger partial charge in [0.15, 0.2) is 0 Å². The molecule has 226 valence electrons. The Morgan fingerprint density at radius 1 is 1.02 bits per heavy atom. The number of hydrogen-bond donors (Lipinski definition) is 2. The van der Waals surface area contributed by atoms with Crippen molar-refractivity contribution >= 4 is 17.9 Å². The van der Waals surface area contributed by atoms with Crippen molar-refractivity contribution in [2.24, 2.45) is 5.92 Å². The van der Waals surface area contributed by atoms with Gasteiger partial charge in [-0.1, -0.05) is 102 Å². The molecule has 3 unspecified atom stereocenters. The third-order valence-corrected chi connectivity index (χ3v) is 7.81. The highest BCUT2D eigenvalue weighted by Gasteiger charge is 2.38. The van der Waals surface area contributed by atoms with E-state index in [0.29, 0.717) is 13.0 Å². The van der Waals surface area contributed by atoms with Crippen LogP contribution in [0.15, 0.2) is 24.3 Å². The molecule has 7 nitrogen and oxygen atoms in total.